The van der Waals surface area contributed by atoms with Crippen LogP contribution >= 0.6 is 0 Å². The lowest BCUT2D eigenvalue weighted by atomic mass is 9.66. The van der Waals surface area contributed by atoms with Crippen LogP contribution in [-0.4, -0.2) is 35.2 Å². The van der Waals surface area contributed by atoms with E-state index in [0.717, 1.165) is 0 Å². The second kappa shape index (κ2) is 6.16. The van der Waals surface area contributed by atoms with E-state index in [2.05, 4.69) is 5.32 Å². The maximum atomic E-state index is 13.4. The predicted molar refractivity (Wildman–Crippen MR) is 85.4 cm³/mol. The number of carbonyl (C=O) groups is 2. The van der Waals surface area contributed by atoms with Crippen LogP contribution in [0.1, 0.15) is 47.2 Å². The number of halogens is 1. The second-order valence-electron chi connectivity index (χ2n) is 7.05. The largest absolute Gasteiger partial charge is 0.481 e. The van der Waals surface area contributed by atoms with E-state index in [9.17, 15) is 14.0 Å². The summed E-state index contributed by atoms with van der Waals surface area (Å²) in [5.74, 6) is -1.68. The van der Waals surface area contributed by atoms with Crippen molar-refractivity contribution in [2.24, 2.45) is 5.92 Å². The average Bonchev–Trinajstić information content (AvgIpc) is 2.43. The third kappa shape index (κ3) is 3.15. The van der Waals surface area contributed by atoms with Gasteiger partial charge in [0.2, 0.25) is 0 Å². The van der Waals surface area contributed by atoms with Gasteiger partial charge >= 0.3 is 5.97 Å². The Morgan fingerprint density at radius 1 is 1.25 bits per heavy atom. The summed E-state index contributed by atoms with van der Waals surface area (Å²) in [6.07, 6.45) is 2.33. The summed E-state index contributed by atoms with van der Waals surface area (Å²) in [4.78, 5) is 23.6. The first kappa shape index (κ1) is 16.9. The molecule has 1 saturated heterocycles. The highest BCUT2D eigenvalue weighted by Gasteiger charge is 2.51. The van der Waals surface area contributed by atoms with Crippen molar-refractivity contribution in [1.29, 1.82) is 0 Å². The molecule has 0 aromatic heterocycles. The molecule has 0 radical (unpaired) electrons. The molecule has 1 aromatic carbocycles. The van der Waals surface area contributed by atoms with Crippen molar-refractivity contribution in [2.45, 2.75) is 51.2 Å². The fraction of sp³-hybridized carbons (Fsp3) is 0.556. The molecule has 6 heteroatoms. The number of amides is 1. The number of benzene rings is 1. The highest BCUT2D eigenvalue weighted by atomic mass is 19.1. The van der Waals surface area contributed by atoms with Gasteiger partial charge in [-0.25, -0.2) is 4.39 Å². The molecule has 1 aliphatic carbocycles. The molecule has 1 atom stereocenters. The number of hydrogen-bond donors (Lipinski definition) is 2. The fourth-order valence-corrected chi connectivity index (χ4v) is 3.97. The van der Waals surface area contributed by atoms with Crippen molar-refractivity contribution >= 4 is 11.9 Å². The molecule has 130 valence electrons. The van der Waals surface area contributed by atoms with E-state index in [1.807, 2.05) is 0 Å². The van der Waals surface area contributed by atoms with Gasteiger partial charge in [0.15, 0.2) is 0 Å². The van der Waals surface area contributed by atoms with Crippen LogP contribution in [0.25, 0.3) is 0 Å². The van der Waals surface area contributed by atoms with Gasteiger partial charge in [-0.1, -0.05) is 0 Å². The number of carboxylic acid groups (broad SMARTS) is 1. The minimum absolute atomic E-state index is 0.0511. The molecule has 1 spiro atoms. The highest BCUT2D eigenvalue weighted by Crippen LogP contribution is 2.46. The molecular weight excluding hydrogens is 313 g/mol. The molecule has 0 bridgehead atoms. The topological polar surface area (TPSA) is 75.6 Å². The lowest BCUT2D eigenvalue weighted by Crippen LogP contribution is -2.56. The van der Waals surface area contributed by atoms with Crippen LogP contribution in [0, 0.1) is 25.6 Å². The van der Waals surface area contributed by atoms with Crippen molar-refractivity contribution in [3.63, 3.8) is 0 Å². The maximum Gasteiger partial charge on any atom is 0.306 e. The van der Waals surface area contributed by atoms with E-state index in [4.69, 9.17) is 9.84 Å². The molecule has 1 aromatic rings. The molecule has 2 aliphatic rings. The average molecular weight is 335 g/mol. The molecule has 1 heterocycles. The van der Waals surface area contributed by atoms with Gasteiger partial charge in [0.25, 0.3) is 5.91 Å². The van der Waals surface area contributed by atoms with Crippen LogP contribution in [-0.2, 0) is 9.53 Å². The van der Waals surface area contributed by atoms with E-state index >= 15 is 0 Å². The first-order valence-corrected chi connectivity index (χ1v) is 8.24. The van der Waals surface area contributed by atoms with E-state index in [0.29, 0.717) is 49.0 Å². The number of hydrogen-bond acceptors (Lipinski definition) is 3. The Labute approximate surface area is 140 Å². The molecular formula is C18H22FNO4. The monoisotopic (exact) mass is 335 g/mol. The maximum absolute atomic E-state index is 13.4. The van der Waals surface area contributed by atoms with Gasteiger partial charge in [-0.3, -0.25) is 9.59 Å². The number of aliphatic carboxylic acids is 1. The first-order valence-electron chi connectivity index (χ1n) is 8.24. The smallest absolute Gasteiger partial charge is 0.306 e. The normalized spacial score (nSPS) is 29.1. The third-order valence-corrected chi connectivity index (χ3v) is 5.14. The van der Waals surface area contributed by atoms with Crippen LogP contribution in [0.5, 0.6) is 0 Å². The fourth-order valence-electron chi connectivity index (χ4n) is 3.97. The molecule has 1 unspecified atom stereocenters. The van der Waals surface area contributed by atoms with Gasteiger partial charge in [-0.05, 0) is 62.8 Å². The zero-order chi connectivity index (χ0) is 17.5. The van der Waals surface area contributed by atoms with Crippen LogP contribution in [0.15, 0.2) is 12.1 Å². The van der Waals surface area contributed by atoms with Gasteiger partial charge in [-0.15, -0.1) is 0 Å². The number of ether oxygens (including phenoxy) is 1. The molecule has 24 heavy (non-hydrogen) atoms. The number of carbonyl (C=O) groups excluding carboxylic acids is 1. The standard InChI is InChI=1S/C18H22FNO4/c1-10-5-13(19)6-11(2)15(10)16(21)20-14-3-4-24-18(9-14)7-12(8-18)17(22)23/h5-6,12,14H,3-4,7-9H2,1-2H3,(H,20,21)(H,22,23). The summed E-state index contributed by atoms with van der Waals surface area (Å²) in [6.45, 7) is 3.96. The van der Waals surface area contributed by atoms with E-state index in [1.54, 1.807) is 13.8 Å². The zero-order valence-electron chi connectivity index (χ0n) is 13.9. The summed E-state index contributed by atoms with van der Waals surface area (Å²) in [7, 11) is 0. The van der Waals surface area contributed by atoms with Crippen LogP contribution in [0.4, 0.5) is 4.39 Å². The first-order chi connectivity index (χ1) is 11.3. The Balaban J connectivity index is 1.66. The quantitative estimate of drug-likeness (QED) is 0.890. The van der Waals surface area contributed by atoms with Crippen molar-refractivity contribution in [3.8, 4) is 0 Å². The molecule has 2 N–H and O–H groups in total. The van der Waals surface area contributed by atoms with Crippen molar-refractivity contribution in [1.82, 2.24) is 5.32 Å². The third-order valence-electron chi connectivity index (χ3n) is 5.14. The Bertz CT molecular complexity index is 659. The Kier molecular flexibility index (Phi) is 4.34. The Morgan fingerprint density at radius 3 is 2.46 bits per heavy atom. The van der Waals surface area contributed by atoms with Crippen LogP contribution < -0.4 is 5.32 Å². The zero-order valence-corrected chi connectivity index (χ0v) is 13.9. The predicted octanol–water partition coefficient (Wildman–Crippen LogP) is 2.58. The van der Waals surface area contributed by atoms with Crippen molar-refractivity contribution < 1.29 is 23.8 Å². The summed E-state index contributed by atoms with van der Waals surface area (Å²) in [6, 6.07) is 2.66. The number of nitrogens with one attached hydrogen (secondary N) is 1. The SMILES string of the molecule is Cc1cc(F)cc(C)c1C(=O)NC1CCOC2(C1)CC(C(=O)O)C2. The van der Waals surface area contributed by atoms with Gasteiger partial charge in [0, 0.05) is 18.2 Å². The van der Waals surface area contributed by atoms with Crippen molar-refractivity contribution in [3.05, 3.63) is 34.6 Å². The lowest BCUT2D eigenvalue weighted by molar-refractivity contribution is -0.181. The Hall–Kier alpha value is -1.95. The Morgan fingerprint density at radius 2 is 1.88 bits per heavy atom. The van der Waals surface area contributed by atoms with E-state index in [1.165, 1.54) is 12.1 Å². The van der Waals surface area contributed by atoms with Crippen LogP contribution in [0.2, 0.25) is 0 Å². The number of rotatable bonds is 3. The molecule has 5 nitrogen and oxygen atoms in total. The molecule has 1 amide bonds. The van der Waals surface area contributed by atoms with Crippen LogP contribution in [0.3, 0.4) is 0 Å². The van der Waals surface area contributed by atoms with Gasteiger partial charge in [0.1, 0.15) is 5.82 Å². The van der Waals surface area contributed by atoms with Gasteiger partial charge in [0.05, 0.1) is 11.5 Å². The van der Waals surface area contributed by atoms with E-state index < -0.39 is 11.6 Å². The van der Waals surface area contributed by atoms with E-state index in [-0.39, 0.29) is 23.7 Å². The summed E-state index contributed by atoms with van der Waals surface area (Å²) in [5, 5.41) is 12.0. The molecule has 1 saturated carbocycles. The minimum atomic E-state index is -0.784. The van der Waals surface area contributed by atoms with Crippen molar-refractivity contribution in [2.75, 3.05) is 6.61 Å². The molecule has 3 rings (SSSR count). The summed E-state index contributed by atoms with van der Waals surface area (Å²) >= 11 is 0. The molecule has 2 fully saturated rings. The van der Waals surface area contributed by atoms with Gasteiger partial charge < -0.3 is 15.2 Å². The molecule has 1 aliphatic heterocycles. The van der Waals surface area contributed by atoms with Gasteiger partial charge in [-0.2, -0.15) is 0 Å². The minimum Gasteiger partial charge on any atom is -0.481 e. The number of carboxylic acids is 1. The second-order valence-corrected chi connectivity index (χ2v) is 7.05. The summed E-state index contributed by atoms with van der Waals surface area (Å²) < 4.78 is 19.2. The summed E-state index contributed by atoms with van der Waals surface area (Å²) in [5.41, 5.74) is 1.32. The highest BCUT2D eigenvalue weighted by molar-refractivity contribution is 5.97. The number of aryl methyl sites for hydroxylation is 2. The lowest BCUT2D eigenvalue weighted by Gasteiger charge is -2.50.